The Morgan fingerprint density at radius 1 is 0.862 bits per heavy atom. The molecule has 1 aromatic heterocycles. The lowest BCUT2D eigenvalue weighted by molar-refractivity contribution is 0.102. The highest BCUT2D eigenvalue weighted by Crippen LogP contribution is 2.28. The number of furan rings is 1. The number of carbonyl (C=O) groups excluding carboxylic acids is 1. The highest BCUT2D eigenvalue weighted by Gasteiger charge is 2.11. The van der Waals surface area contributed by atoms with Crippen LogP contribution in [0.5, 0.6) is 0 Å². The predicted molar refractivity (Wildman–Crippen MR) is 115 cm³/mol. The van der Waals surface area contributed by atoms with Crippen LogP contribution in [0.25, 0.3) is 22.5 Å². The summed E-state index contributed by atoms with van der Waals surface area (Å²) in [5.74, 6) is 0.988. The number of rotatable bonds is 5. The van der Waals surface area contributed by atoms with Gasteiger partial charge in [0.05, 0.1) is 0 Å². The predicted octanol–water partition coefficient (Wildman–Crippen LogP) is 5.67. The zero-order valence-electron chi connectivity index (χ0n) is 16.1. The van der Waals surface area contributed by atoms with Crippen LogP contribution in [0.4, 0.5) is 5.69 Å². The molecule has 0 aliphatic heterocycles. The Bertz CT molecular complexity index is 1130. The summed E-state index contributed by atoms with van der Waals surface area (Å²) >= 11 is 0. The van der Waals surface area contributed by atoms with Gasteiger partial charge in [-0.15, -0.1) is 0 Å². The van der Waals surface area contributed by atoms with Crippen LogP contribution in [-0.4, -0.2) is 11.0 Å². The third-order valence-corrected chi connectivity index (χ3v) is 4.84. The average Bonchev–Trinajstić information content (AvgIpc) is 3.25. The molecule has 0 aliphatic rings. The van der Waals surface area contributed by atoms with Crippen molar-refractivity contribution >= 4 is 11.6 Å². The molecule has 0 aliphatic carbocycles. The topological polar surface area (TPSA) is 62.5 Å². The lowest BCUT2D eigenvalue weighted by Gasteiger charge is -2.11. The van der Waals surface area contributed by atoms with Gasteiger partial charge in [0.1, 0.15) is 18.1 Å². The number of carbonyl (C=O) groups is 1. The minimum absolute atomic E-state index is 0.144. The van der Waals surface area contributed by atoms with Gasteiger partial charge in [0.15, 0.2) is 0 Å². The fraction of sp³-hybridized carbons (Fsp3) is 0.0800. The van der Waals surface area contributed by atoms with Gasteiger partial charge in [-0.3, -0.25) is 4.79 Å². The van der Waals surface area contributed by atoms with Crippen molar-refractivity contribution < 1.29 is 14.3 Å². The Balaban J connectivity index is 1.54. The maximum absolute atomic E-state index is 12.7. The minimum atomic E-state index is -0.166. The summed E-state index contributed by atoms with van der Waals surface area (Å²) in [6.45, 7) is 1.80. The highest BCUT2D eigenvalue weighted by molar-refractivity contribution is 6.05. The molecular formula is C25H21NO3. The molecule has 29 heavy (non-hydrogen) atoms. The largest absolute Gasteiger partial charge is 0.459 e. The second-order valence-electron chi connectivity index (χ2n) is 6.85. The molecule has 1 heterocycles. The van der Waals surface area contributed by atoms with Crippen molar-refractivity contribution in [2.45, 2.75) is 13.5 Å². The Kier molecular flexibility index (Phi) is 5.27. The zero-order chi connectivity index (χ0) is 20.2. The van der Waals surface area contributed by atoms with Crippen LogP contribution in [0.1, 0.15) is 21.7 Å². The van der Waals surface area contributed by atoms with Crippen LogP contribution in [0, 0.1) is 6.92 Å². The van der Waals surface area contributed by atoms with E-state index in [9.17, 15) is 9.90 Å². The quantitative estimate of drug-likeness (QED) is 0.467. The van der Waals surface area contributed by atoms with Crippen LogP contribution in [0.3, 0.4) is 0 Å². The van der Waals surface area contributed by atoms with Gasteiger partial charge < -0.3 is 14.8 Å². The van der Waals surface area contributed by atoms with Crippen molar-refractivity contribution in [1.82, 2.24) is 0 Å². The van der Waals surface area contributed by atoms with Crippen molar-refractivity contribution in [2.24, 2.45) is 0 Å². The molecule has 0 spiro atoms. The van der Waals surface area contributed by atoms with Crippen LogP contribution in [0.15, 0.2) is 89.3 Å². The molecule has 0 bridgehead atoms. The Labute approximate surface area is 169 Å². The van der Waals surface area contributed by atoms with E-state index in [0.29, 0.717) is 17.1 Å². The van der Waals surface area contributed by atoms with Gasteiger partial charge in [-0.1, -0.05) is 54.6 Å². The third kappa shape index (κ3) is 4.13. The van der Waals surface area contributed by atoms with E-state index in [1.54, 1.807) is 6.07 Å². The van der Waals surface area contributed by atoms with E-state index in [1.165, 1.54) is 0 Å². The van der Waals surface area contributed by atoms with Gasteiger partial charge in [0.25, 0.3) is 5.91 Å². The number of anilines is 1. The molecule has 3 aromatic carbocycles. The van der Waals surface area contributed by atoms with E-state index < -0.39 is 0 Å². The summed E-state index contributed by atoms with van der Waals surface area (Å²) < 4.78 is 5.60. The van der Waals surface area contributed by atoms with Crippen molar-refractivity contribution in [2.75, 3.05) is 5.32 Å². The first-order valence-corrected chi connectivity index (χ1v) is 9.41. The second kappa shape index (κ2) is 8.17. The van der Waals surface area contributed by atoms with Crippen molar-refractivity contribution in [1.29, 1.82) is 0 Å². The molecule has 0 fully saturated rings. The number of aliphatic hydroxyl groups is 1. The summed E-state index contributed by atoms with van der Waals surface area (Å²) in [6, 6.07) is 26.9. The summed E-state index contributed by atoms with van der Waals surface area (Å²) in [7, 11) is 0. The molecule has 144 valence electrons. The number of nitrogens with one attached hydrogen (secondary N) is 1. The molecule has 1 amide bonds. The van der Waals surface area contributed by atoms with Gasteiger partial charge in [-0.25, -0.2) is 0 Å². The standard InChI is InChI=1S/C25H21NO3/c1-17-7-8-21(24-14-13-22(16-27)29-24)15-23(17)26-25(28)20-11-9-19(10-12-20)18-5-3-2-4-6-18/h2-15,27H,16H2,1H3,(H,26,28). The molecular weight excluding hydrogens is 362 g/mol. The number of hydrogen-bond acceptors (Lipinski definition) is 3. The van der Waals surface area contributed by atoms with Crippen LogP contribution >= 0.6 is 0 Å². The number of aliphatic hydroxyl groups excluding tert-OH is 1. The van der Waals surface area contributed by atoms with Crippen LogP contribution < -0.4 is 5.32 Å². The second-order valence-corrected chi connectivity index (χ2v) is 6.85. The molecule has 0 saturated heterocycles. The van der Waals surface area contributed by atoms with E-state index in [0.717, 1.165) is 27.9 Å². The van der Waals surface area contributed by atoms with Gasteiger partial charge in [-0.2, -0.15) is 0 Å². The lowest BCUT2D eigenvalue weighted by Crippen LogP contribution is -2.12. The third-order valence-electron chi connectivity index (χ3n) is 4.84. The first kappa shape index (κ1) is 18.7. The normalized spacial score (nSPS) is 10.7. The van der Waals surface area contributed by atoms with E-state index in [2.05, 4.69) is 5.32 Å². The SMILES string of the molecule is Cc1ccc(-c2ccc(CO)o2)cc1NC(=O)c1ccc(-c2ccccc2)cc1. The van der Waals surface area contributed by atoms with Crippen molar-refractivity contribution in [3.63, 3.8) is 0 Å². The van der Waals surface area contributed by atoms with Crippen molar-refractivity contribution in [3.8, 4) is 22.5 Å². The Hall–Kier alpha value is -3.63. The number of benzene rings is 3. The van der Waals surface area contributed by atoms with Gasteiger partial charge in [0.2, 0.25) is 0 Å². The molecule has 4 aromatic rings. The Morgan fingerprint density at radius 3 is 2.24 bits per heavy atom. The maximum Gasteiger partial charge on any atom is 0.255 e. The summed E-state index contributed by atoms with van der Waals surface area (Å²) in [4.78, 5) is 12.7. The molecule has 0 atom stereocenters. The molecule has 0 radical (unpaired) electrons. The summed E-state index contributed by atoms with van der Waals surface area (Å²) in [5, 5.41) is 12.2. The molecule has 2 N–H and O–H groups in total. The van der Waals surface area contributed by atoms with Crippen molar-refractivity contribution in [3.05, 3.63) is 102 Å². The number of hydrogen-bond donors (Lipinski definition) is 2. The van der Waals surface area contributed by atoms with Gasteiger partial charge in [-0.05, 0) is 53.9 Å². The summed E-state index contributed by atoms with van der Waals surface area (Å²) in [6.07, 6.45) is 0. The molecule has 0 unspecified atom stereocenters. The van der Waals surface area contributed by atoms with Gasteiger partial charge >= 0.3 is 0 Å². The number of aryl methyl sites for hydroxylation is 1. The van der Waals surface area contributed by atoms with Crippen LogP contribution in [-0.2, 0) is 6.61 Å². The summed E-state index contributed by atoms with van der Waals surface area (Å²) in [5.41, 5.74) is 5.29. The first-order chi connectivity index (χ1) is 14.1. The molecule has 0 saturated carbocycles. The van der Waals surface area contributed by atoms with E-state index in [4.69, 9.17) is 4.42 Å². The fourth-order valence-corrected chi connectivity index (χ4v) is 3.17. The lowest BCUT2D eigenvalue weighted by atomic mass is 10.0. The monoisotopic (exact) mass is 383 g/mol. The minimum Gasteiger partial charge on any atom is -0.459 e. The fourth-order valence-electron chi connectivity index (χ4n) is 3.17. The average molecular weight is 383 g/mol. The molecule has 4 nitrogen and oxygen atoms in total. The molecule has 4 heteroatoms. The van der Waals surface area contributed by atoms with E-state index in [1.807, 2.05) is 85.8 Å². The van der Waals surface area contributed by atoms with E-state index >= 15 is 0 Å². The Morgan fingerprint density at radius 2 is 1.55 bits per heavy atom. The maximum atomic E-state index is 12.7. The van der Waals surface area contributed by atoms with Crippen LogP contribution in [0.2, 0.25) is 0 Å². The first-order valence-electron chi connectivity index (χ1n) is 9.41. The molecule has 4 rings (SSSR count). The van der Waals surface area contributed by atoms with E-state index in [-0.39, 0.29) is 12.5 Å². The highest BCUT2D eigenvalue weighted by atomic mass is 16.4. The number of amides is 1. The van der Waals surface area contributed by atoms with Gasteiger partial charge in [0, 0.05) is 16.8 Å². The zero-order valence-corrected chi connectivity index (χ0v) is 16.1. The smallest absolute Gasteiger partial charge is 0.255 e.